The van der Waals surface area contributed by atoms with Crippen molar-refractivity contribution < 1.29 is 18.3 Å². The minimum absolute atomic E-state index is 0.00172. The van der Waals surface area contributed by atoms with Gasteiger partial charge in [0.05, 0.1) is 13.7 Å². The molecule has 0 aliphatic carbocycles. The van der Waals surface area contributed by atoms with Gasteiger partial charge in [-0.15, -0.1) is 0 Å². The molecule has 0 amide bonds. The van der Waals surface area contributed by atoms with Crippen molar-refractivity contribution in [2.24, 2.45) is 10.7 Å². The minimum atomic E-state index is -2.90. The summed E-state index contributed by atoms with van der Waals surface area (Å²) >= 11 is 1.89. The van der Waals surface area contributed by atoms with E-state index in [0.717, 1.165) is 30.2 Å². The van der Waals surface area contributed by atoms with Gasteiger partial charge in [-0.2, -0.15) is 20.5 Å². The fourth-order valence-electron chi connectivity index (χ4n) is 2.07. The molecule has 2 N–H and O–H groups in total. The minimum Gasteiger partial charge on any atom is -0.493 e. The van der Waals surface area contributed by atoms with Crippen LogP contribution >= 0.6 is 11.8 Å². The molecule has 1 aliphatic rings. The van der Waals surface area contributed by atoms with Crippen molar-refractivity contribution in [2.75, 3.05) is 31.7 Å². The van der Waals surface area contributed by atoms with Gasteiger partial charge < -0.3 is 20.1 Å². The first-order valence-corrected chi connectivity index (χ1v) is 8.00. The van der Waals surface area contributed by atoms with Gasteiger partial charge in [0, 0.05) is 24.6 Å². The van der Waals surface area contributed by atoms with E-state index in [1.807, 2.05) is 16.7 Å². The molecule has 0 bridgehead atoms. The normalized spacial score (nSPS) is 16.0. The topological polar surface area (TPSA) is 60.1 Å². The second-order valence-electron chi connectivity index (χ2n) is 4.64. The van der Waals surface area contributed by atoms with Crippen LogP contribution in [-0.4, -0.2) is 49.2 Å². The summed E-state index contributed by atoms with van der Waals surface area (Å²) in [5.41, 5.74) is 6.69. The lowest BCUT2D eigenvalue weighted by Gasteiger charge is -2.27. The molecule has 0 saturated carbocycles. The third-order valence-corrected chi connectivity index (χ3v) is 4.15. The summed E-state index contributed by atoms with van der Waals surface area (Å²) in [6.45, 7) is -0.840. The van der Waals surface area contributed by atoms with E-state index in [2.05, 4.69) is 9.73 Å². The SMILES string of the molecule is COc1ccc(CN=C(N)N2CCSCC2)cc1OC(F)F. The Kier molecular flexibility index (Phi) is 6.11. The number of halogens is 2. The van der Waals surface area contributed by atoms with Gasteiger partial charge in [0.1, 0.15) is 0 Å². The third-order valence-electron chi connectivity index (χ3n) is 3.20. The number of aliphatic imine (C=N–C) groups is 1. The van der Waals surface area contributed by atoms with Gasteiger partial charge in [-0.05, 0) is 17.7 Å². The van der Waals surface area contributed by atoms with Crippen LogP contribution in [0.15, 0.2) is 23.2 Å². The maximum atomic E-state index is 12.4. The van der Waals surface area contributed by atoms with Crippen molar-refractivity contribution in [3.63, 3.8) is 0 Å². The first-order chi connectivity index (χ1) is 10.6. The van der Waals surface area contributed by atoms with Crippen molar-refractivity contribution >= 4 is 17.7 Å². The summed E-state index contributed by atoms with van der Waals surface area (Å²) in [6.07, 6.45) is 0. The fraction of sp³-hybridized carbons (Fsp3) is 0.500. The summed E-state index contributed by atoms with van der Waals surface area (Å²) in [7, 11) is 1.40. The summed E-state index contributed by atoms with van der Waals surface area (Å²) in [6, 6.07) is 4.82. The molecule has 22 heavy (non-hydrogen) atoms. The zero-order chi connectivity index (χ0) is 15.9. The Bertz CT molecular complexity index is 523. The average Bonchev–Trinajstić information content (AvgIpc) is 2.53. The molecule has 0 atom stereocenters. The van der Waals surface area contributed by atoms with E-state index >= 15 is 0 Å². The smallest absolute Gasteiger partial charge is 0.387 e. The average molecular weight is 331 g/mol. The molecule has 8 heteroatoms. The first kappa shape index (κ1) is 16.7. The van der Waals surface area contributed by atoms with Gasteiger partial charge in [-0.3, -0.25) is 0 Å². The van der Waals surface area contributed by atoms with Crippen LogP contribution in [-0.2, 0) is 6.54 Å². The van der Waals surface area contributed by atoms with Crippen LogP contribution in [0.4, 0.5) is 8.78 Å². The predicted molar refractivity (Wildman–Crippen MR) is 83.9 cm³/mol. The Morgan fingerprint density at radius 3 is 2.73 bits per heavy atom. The number of hydrogen-bond acceptors (Lipinski definition) is 4. The van der Waals surface area contributed by atoms with Gasteiger partial charge >= 0.3 is 6.61 Å². The fourth-order valence-corrected chi connectivity index (χ4v) is 2.98. The van der Waals surface area contributed by atoms with Crippen LogP contribution in [0.5, 0.6) is 11.5 Å². The molecule has 0 unspecified atom stereocenters. The van der Waals surface area contributed by atoms with Crippen molar-refractivity contribution in [3.05, 3.63) is 23.8 Å². The number of methoxy groups -OCH3 is 1. The number of benzene rings is 1. The number of alkyl halides is 2. The van der Waals surface area contributed by atoms with Crippen LogP contribution in [0.1, 0.15) is 5.56 Å². The largest absolute Gasteiger partial charge is 0.493 e. The van der Waals surface area contributed by atoms with E-state index in [1.165, 1.54) is 13.2 Å². The quantitative estimate of drug-likeness (QED) is 0.662. The number of hydrogen-bond donors (Lipinski definition) is 1. The molecule has 1 aliphatic heterocycles. The number of nitrogens with zero attached hydrogens (tertiary/aromatic N) is 2. The highest BCUT2D eigenvalue weighted by atomic mass is 32.2. The Labute approximate surface area is 132 Å². The molecule has 1 fully saturated rings. The lowest BCUT2D eigenvalue weighted by molar-refractivity contribution is -0.0512. The van der Waals surface area contributed by atoms with Gasteiger partial charge in [0.15, 0.2) is 17.5 Å². The molecule has 0 spiro atoms. The van der Waals surface area contributed by atoms with Crippen molar-refractivity contribution in [1.29, 1.82) is 0 Å². The molecule has 1 heterocycles. The highest BCUT2D eigenvalue weighted by molar-refractivity contribution is 7.99. The van der Waals surface area contributed by atoms with Crippen molar-refractivity contribution in [1.82, 2.24) is 4.90 Å². The predicted octanol–water partition coefficient (Wildman–Crippen LogP) is 2.16. The second kappa shape index (κ2) is 8.07. The maximum Gasteiger partial charge on any atom is 0.387 e. The summed E-state index contributed by atoms with van der Waals surface area (Å²) < 4.78 is 34.2. The first-order valence-electron chi connectivity index (χ1n) is 6.84. The van der Waals surface area contributed by atoms with Crippen LogP contribution in [0, 0.1) is 0 Å². The van der Waals surface area contributed by atoms with Gasteiger partial charge in [-0.25, -0.2) is 4.99 Å². The Hall–Kier alpha value is -1.70. The highest BCUT2D eigenvalue weighted by Gasteiger charge is 2.13. The Balaban J connectivity index is 2.05. The molecule has 122 valence electrons. The molecule has 5 nitrogen and oxygen atoms in total. The zero-order valence-electron chi connectivity index (χ0n) is 12.3. The van der Waals surface area contributed by atoms with Crippen LogP contribution < -0.4 is 15.2 Å². The molecule has 0 radical (unpaired) electrons. The lowest BCUT2D eigenvalue weighted by Crippen LogP contribution is -2.42. The summed E-state index contributed by atoms with van der Waals surface area (Å²) in [5, 5.41) is 0. The van der Waals surface area contributed by atoms with E-state index in [9.17, 15) is 8.78 Å². The van der Waals surface area contributed by atoms with Crippen LogP contribution in [0.25, 0.3) is 0 Å². The van der Waals surface area contributed by atoms with Crippen molar-refractivity contribution in [3.8, 4) is 11.5 Å². The molecule has 1 aromatic carbocycles. The number of rotatable bonds is 5. The molecule has 0 aromatic heterocycles. The lowest BCUT2D eigenvalue weighted by atomic mass is 10.2. The van der Waals surface area contributed by atoms with E-state index in [1.54, 1.807) is 12.1 Å². The summed E-state index contributed by atoms with van der Waals surface area (Å²) in [4.78, 5) is 6.35. The highest BCUT2D eigenvalue weighted by Crippen LogP contribution is 2.29. The summed E-state index contributed by atoms with van der Waals surface area (Å²) in [5.74, 6) is 2.80. The van der Waals surface area contributed by atoms with Gasteiger partial charge in [0.2, 0.25) is 0 Å². The number of guanidine groups is 1. The molecule has 1 aromatic rings. The number of ether oxygens (including phenoxy) is 2. The molecular formula is C14H19F2N3O2S. The van der Waals surface area contributed by atoms with Gasteiger partial charge in [0.25, 0.3) is 0 Å². The molecule has 2 rings (SSSR count). The zero-order valence-corrected chi connectivity index (χ0v) is 13.1. The number of thioether (sulfide) groups is 1. The molecule has 1 saturated heterocycles. The Morgan fingerprint density at radius 2 is 2.09 bits per heavy atom. The molecular weight excluding hydrogens is 312 g/mol. The monoisotopic (exact) mass is 331 g/mol. The second-order valence-corrected chi connectivity index (χ2v) is 5.86. The van der Waals surface area contributed by atoms with Crippen LogP contribution in [0.3, 0.4) is 0 Å². The Morgan fingerprint density at radius 1 is 1.36 bits per heavy atom. The standard InChI is InChI=1S/C14H19F2N3O2S/c1-20-11-3-2-10(8-12(11)21-13(15)16)9-18-14(17)19-4-6-22-7-5-19/h2-3,8,13H,4-7,9H2,1H3,(H2,17,18). The maximum absolute atomic E-state index is 12.4. The van der Waals surface area contributed by atoms with E-state index < -0.39 is 6.61 Å². The van der Waals surface area contributed by atoms with E-state index in [4.69, 9.17) is 10.5 Å². The van der Waals surface area contributed by atoms with E-state index in [0.29, 0.717) is 12.5 Å². The van der Waals surface area contributed by atoms with Gasteiger partial charge in [-0.1, -0.05) is 6.07 Å². The van der Waals surface area contributed by atoms with Crippen LogP contribution in [0.2, 0.25) is 0 Å². The number of nitrogens with two attached hydrogens (primary N) is 1. The van der Waals surface area contributed by atoms with E-state index in [-0.39, 0.29) is 11.5 Å². The third kappa shape index (κ3) is 4.66. The van der Waals surface area contributed by atoms with Crippen molar-refractivity contribution in [2.45, 2.75) is 13.2 Å².